The number of halogens is 5. The monoisotopic (exact) mass is 396 g/mol. The quantitative estimate of drug-likeness (QED) is 0.340. The molecule has 1 heterocycles. The van der Waals surface area contributed by atoms with Crippen molar-refractivity contribution in [2.24, 2.45) is 0 Å². The minimum Gasteiger partial charge on any atom is -0.381 e. The van der Waals surface area contributed by atoms with Gasteiger partial charge in [0.2, 0.25) is 0 Å². The molecule has 6 nitrogen and oxygen atoms in total. The van der Waals surface area contributed by atoms with Crippen LogP contribution in [-0.2, 0) is 0 Å². The van der Waals surface area contributed by atoms with Crippen molar-refractivity contribution in [2.75, 3.05) is 0 Å². The fourth-order valence-electron chi connectivity index (χ4n) is 0.942. The first kappa shape index (κ1) is 14.9. The molecule has 0 fully saturated rings. The van der Waals surface area contributed by atoms with E-state index in [2.05, 4.69) is 9.72 Å². The number of nitrogens with zero attached hydrogens (tertiary/aromatic N) is 2. The van der Waals surface area contributed by atoms with Gasteiger partial charge in [-0.2, -0.15) is 0 Å². The number of carbonyl (C=O) groups is 1. The van der Waals surface area contributed by atoms with Crippen LogP contribution in [-0.4, -0.2) is 21.5 Å². The molecule has 98 valence electrons. The van der Waals surface area contributed by atoms with Gasteiger partial charge in [0, 0.05) is 6.20 Å². The van der Waals surface area contributed by atoms with Crippen LogP contribution in [0.2, 0.25) is 0 Å². The highest BCUT2D eigenvalue weighted by molar-refractivity contribution is 14.1. The standard InChI is InChI=1S/C7HClF3IN2O4/c8-5(15)2-1-13-6(18-7(9,10)11)4(3(2)12)14(16)17/h1H. The van der Waals surface area contributed by atoms with Gasteiger partial charge in [-0.1, -0.05) is 0 Å². The van der Waals surface area contributed by atoms with E-state index in [0.29, 0.717) is 6.20 Å². The molecule has 0 bridgehead atoms. The van der Waals surface area contributed by atoms with Crippen LogP contribution < -0.4 is 4.74 Å². The lowest BCUT2D eigenvalue weighted by Gasteiger charge is -2.09. The molecule has 0 radical (unpaired) electrons. The van der Waals surface area contributed by atoms with Crippen LogP contribution in [0.25, 0.3) is 0 Å². The van der Waals surface area contributed by atoms with Crippen molar-refractivity contribution in [2.45, 2.75) is 6.36 Å². The number of rotatable bonds is 3. The number of hydrogen-bond donors (Lipinski definition) is 0. The van der Waals surface area contributed by atoms with Gasteiger partial charge < -0.3 is 4.74 Å². The molecule has 0 spiro atoms. The van der Waals surface area contributed by atoms with Crippen LogP contribution in [0.5, 0.6) is 5.88 Å². The Kier molecular flexibility index (Phi) is 4.32. The van der Waals surface area contributed by atoms with Gasteiger partial charge in [-0.05, 0) is 34.2 Å². The SMILES string of the molecule is O=C(Cl)c1cnc(OC(F)(F)F)c([N+](=O)[O-])c1I. The van der Waals surface area contributed by atoms with Crippen LogP contribution in [0.15, 0.2) is 6.20 Å². The van der Waals surface area contributed by atoms with E-state index in [4.69, 9.17) is 11.6 Å². The Morgan fingerprint density at radius 3 is 2.50 bits per heavy atom. The molecule has 0 aliphatic rings. The molecule has 1 rings (SSSR count). The van der Waals surface area contributed by atoms with E-state index in [1.165, 1.54) is 22.6 Å². The van der Waals surface area contributed by atoms with Crippen molar-refractivity contribution in [3.05, 3.63) is 25.4 Å². The van der Waals surface area contributed by atoms with Crippen LogP contribution >= 0.6 is 34.2 Å². The third-order valence-electron chi connectivity index (χ3n) is 1.56. The van der Waals surface area contributed by atoms with Crippen molar-refractivity contribution >= 4 is 45.1 Å². The summed E-state index contributed by atoms with van der Waals surface area (Å²) in [4.78, 5) is 23.5. The summed E-state index contributed by atoms with van der Waals surface area (Å²) >= 11 is 6.42. The molecule has 0 aliphatic heterocycles. The van der Waals surface area contributed by atoms with E-state index in [9.17, 15) is 28.1 Å². The summed E-state index contributed by atoms with van der Waals surface area (Å²) in [5, 5.41) is 9.59. The highest BCUT2D eigenvalue weighted by Gasteiger charge is 2.37. The zero-order valence-electron chi connectivity index (χ0n) is 7.99. The van der Waals surface area contributed by atoms with Gasteiger partial charge in [0.1, 0.15) is 3.57 Å². The molecule has 11 heteroatoms. The maximum atomic E-state index is 12.0. The molecule has 1 aromatic rings. The first-order valence-corrected chi connectivity index (χ1v) is 5.37. The highest BCUT2D eigenvalue weighted by atomic mass is 127. The largest absolute Gasteiger partial charge is 0.574 e. The molecule has 18 heavy (non-hydrogen) atoms. The van der Waals surface area contributed by atoms with Gasteiger partial charge in [0.25, 0.3) is 5.24 Å². The zero-order chi connectivity index (χ0) is 14.1. The summed E-state index contributed by atoms with van der Waals surface area (Å²) in [6.45, 7) is 0. The second-order valence-corrected chi connectivity index (χ2v) is 4.14. The van der Waals surface area contributed by atoms with Crippen LogP contribution in [0, 0.1) is 13.7 Å². The van der Waals surface area contributed by atoms with Gasteiger partial charge in [-0.3, -0.25) is 14.9 Å². The fourth-order valence-corrected chi connectivity index (χ4v) is 2.06. The molecular weight excluding hydrogens is 395 g/mol. The number of hydrogen-bond acceptors (Lipinski definition) is 5. The van der Waals surface area contributed by atoms with Crippen LogP contribution in [0.4, 0.5) is 18.9 Å². The van der Waals surface area contributed by atoms with E-state index >= 15 is 0 Å². The Hall–Kier alpha value is -1.17. The van der Waals surface area contributed by atoms with Crippen molar-refractivity contribution in [3.8, 4) is 5.88 Å². The minimum absolute atomic E-state index is 0.376. The molecule has 1 aromatic heterocycles. The topological polar surface area (TPSA) is 82.3 Å². The highest BCUT2D eigenvalue weighted by Crippen LogP contribution is 2.35. The van der Waals surface area contributed by atoms with E-state index in [1.54, 1.807) is 0 Å². The van der Waals surface area contributed by atoms with Gasteiger partial charge in [-0.15, -0.1) is 13.2 Å². The van der Waals surface area contributed by atoms with Crippen molar-refractivity contribution in [1.29, 1.82) is 0 Å². The molecule has 0 atom stereocenters. The first-order chi connectivity index (χ1) is 8.13. The molecular formula is C7HClF3IN2O4. The van der Waals surface area contributed by atoms with Gasteiger partial charge in [0.05, 0.1) is 10.5 Å². The maximum Gasteiger partial charge on any atom is 0.574 e. The predicted octanol–water partition coefficient (Wildman–Crippen LogP) is 2.87. The normalized spacial score (nSPS) is 11.2. The number of carbonyl (C=O) groups excluding carboxylic acids is 1. The number of alkyl halides is 3. The second kappa shape index (κ2) is 5.22. The lowest BCUT2D eigenvalue weighted by atomic mass is 10.3. The van der Waals surface area contributed by atoms with Crippen LogP contribution in [0.1, 0.15) is 10.4 Å². The fraction of sp³-hybridized carbons (Fsp3) is 0.143. The summed E-state index contributed by atoms with van der Waals surface area (Å²) in [6.07, 6.45) is -4.46. The van der Waals surface area contributed by atoms with Gasteiger partial charge >= 0.3 is 17.9 Å². The first-order valence-electron chi connectivity index (χ1n) is 3.92. The number of nitro groups is 1. The number of pyridine rings is 1. The van der Waals surface area contributed by atoms with Crippen LogP contribution in [0.3, 0.4) is 0 Å². The predicted molar refractivity (Wildman–Crippen MR) is 60.5 cm³/mol. The second-order valence-electron chi connectivity index (χ2n) is 2.72. The van der Waals surface area contributed by atoms with E-state index in [0.717, 1.165) is 0 Å². The Morgan fingerprint density at radius 2 is 2.11 bits per heavy atom. The average Bonchev–Trinajstić information content (AvgIpc) is 2.13. The van der Waals surface area contributed by atoms with E-state index in [-0.39, 0.29) is 9.13 Å². The van der Waals surface area contributed by atoms with E-state index in [1.807, 2.05) is 0 Å². The summed E-state index contributed by atoms with van der Waals surface area (Å²) in [5.41, 5.74) is -1.45. The smallest absolute Gasteiger partial charge is 0.381 e. The maximum absolute atomic E-state index is 12.0. The molecule has 0 aliphatic carbocycles. The average molecular weight is 396 g/mol. The lowest BCUT2D eigenvalue weighted by Crippen LogP contribution is -2.19. The summed E-state index contributed by atoms with van der Waals surface area (Å²) in [5.74, 6) is -1.25. The number of aromatic nitrogens is 1. The summed E-state index contributed by atoms with van der Waals surface area (Å²) in [7, 11) is 0. The summed E-state index contributed by atoms with van der Waals surface area (Å²) < 4.78 is 39.0. The molecule has 0 N–H and O–H groups in total. The Balaban J connectivity index is 3.42. The Bertz CT molecular complexity index is 522. The molecule has 0 amide bonds. The lowest BCUT2D eigenvalue weighted by molar-refractivity contribution is -0.390. The Morgan fingerprint density at radius 1 is 1.56 bits per heavy atom. The van der Waals surface area contributed by atoms with Crippen molar-refractivity contribution in [3.63, 3.8) is 0 Å². The zero-order valence-corrected chi connectivity index (χ0v) is 10.9. The molecule has 0 saturated carbocycles. The minimum atomic E-state index is -5.13. The third-order valence-corrected chi connectivity index (χ3v) is 2.86. The van der Waals surface area contributed by atoms with Crippen molar-refractivity contribution in [1.82, 2.24) is 4.98 Å². The van der Waals surface area contributed by atoms with Gasteiger partial charge in [0.15, 0.2) is 0 Å². The molecule has 0 aromatic carbocycles. The summed E-state index contributed by atoms with van der Waals surface area (Å²) in [6, 6.07) is 0. The van der Waals surface area contributed by atoms with E-state index < -0.39 is 28.1 Å². The van der Waals surface area contributed by atoms with Crippen molar-refractivity contribution < 1.29 is 27.6 Å². The molecule has 0 unspecified atom stereocenters. The Labute approximate surface area is 115 Å². The third kappa shape index (κ3) is 3.41. The van der Waals surface area contributed by atoms with Gasteiger partial charge in [-0.25, -0.2) is 4.98 Å². The number of ether oxygens (including phenoxy) is 1. The molecule has 0 saturated heterocycles.